The highest BCUT2D eigenvalue weighted by molar-refractivity contribution is 7.80. The van der Waals surface area contributed by atoms with Crippen molar-refractivity contribution in [1.82, 2.24) is 9.80 Å². The van der Waals surface area contributed by atoms with E-state index in [1.54, 1.807) is 11.0 Å². The largest absolute Gasteiger partial charge is 0.335 e. The van der Waals surface area contributed by atoms with Gasteiger partial charge in [0.2, 0.25) is 0 Å². The molecule has 2 aromatic rings. The Morgan fingerprint density at radius 1 is 0.909 bits per heavy atom. The molecule has 6 heteroatoms. The standard InChI is InChI=1S/C16H16N2O2S2/c19-15(12-4-1-2-5-13(12)21)17-7-9-18(10-8-17)16(20)14-6-3-11-22-14/h1-6,11,21H,7-10H2. The van der Waals surface area contributed by atoms with Crippen molar-refractivity contribution in [3.05, 3.63) is 52.2 Å². The molecule has 1 fully saturated rings. The zero-order valence-corrected chi connectivity index (χ0v) is 13.6. The van der Waals surface area contributed by atoms with Crippen molar-refractivity contribution in [2.75, 3.05) is 26.2 Å². The van der Waals surface area contributed by atoms with Crippen LogP contribution in [0.5, 0.6) is 0 Å². The summed E-state index contributed by atoms with van der Waals surface area (Å²) in [7, 11) is 0. The van der Waals surface area contributed by atoms with Crippen LogP contribution in [0.1, 0.15) is 20.0 Å². The number of benzene rings is 1. The first-order valence-corrected chi connectivity index (χ1v) is 8.39. The molecule has 3 rings (SSSR count). The number of nitrogens with zero attached hydrogens (tertiary/aromatic N) is 2. The minimum Gasteiger partial charge on any atom is -0.335 e. The smallest absolute Gasteiger partial charge is 0.264 e. The van der Waals surface area contributed by atoms with Crippen LogP contribution in [0.2, 0.25) is 0 Å². The zero-order chi connectivity index (χ0) is 15.5. The first-order chi connectivity index (χ1) is 10.7. The van der Waals surface area contributed by atoms with Gasteiger partial charge in [0.05, 0.1) is 10.4 Å². The number of carbonyl (C=O) groups is 2. The van der Waals surface area contributed by atoms with Gasteiger partial charge in [0.15, 0.2) is 0 Å². The molecule has 2 amide bonds. The fourth-order valence-corrected chi connectivity index (χ4v) is 3.44. The van der Waals surface area contributed by atoms with Crippen molar-refractivity contribution in [1.29, 1.82) is 0 Å². The zero-order valence-electron chi connectivity index (χ0n) is 11.9. The lowest BCUT2D eigenvalue weighted by molar-refractivity contribution is 0.0536. The van der Waals surface area contributed by atoms with E-state index in [9.17, 15) is 9.59 Å². The highest BCUT2D eigenvalue weighted by atomic mass is 32.1. The molecular formula is C16H16N2O2S2. The average molecular weight is 332 g/mol. The number of hydrogen-bond donors (Lipinski definition) is 1. The molecule has 1 aliphatic rings. The van der Waals surface area contributed by atoms with Crippen LogP contribution >= 0.6 is 24.0 Å². The number of carbonyl (C=O) groups excluding carboxylic acids is 2. The van der Waals surface area contributed by atoms with Gasteiger partial charge in [-0.3, -0.25) is 9.59 Å². The molecule has 0 N–H and O–H groups in total. The number of hydrogen-bond acceptors (Lipinski definition) is 4. The Hall–Kier alpha value is -1.79. The van der Waals surface area contributed by atoms with Crippen molar-refractivity contribution in [2.45, 2.75) is 4.90 Å². The molecule has 4 nitrogen and oxygen atoms in total. The molecule has 0 spiro atoms. The van der Waals surface area contributed by atoms with E-state index in [1.807, 2.05) is 40.6 Å². The van der Waals surface area contributed by atoms with Gasteiger partial charge in [-0.05, 0) is 23.6 Å². The van der Waals surface area contributed by atoms with Crippen molar-refractivity contribution < 1.29 is 9.59 Å². The lowest BCUT2D eigenvalue weighted by Crippen LogP contribution is -2.50. The van der Waals surface area contributed by atoms with E-state index >= 15 is 0 Å². The van der Waals surface area contributed by atoms with Crippen LogP contribution in [-0.4, -0.2) is 47.8 Å². The molecule has 22 heavy (non-hydrogen) atoms. The summed E-state index contributed by atoms with van der Waals surface area (Å²) in [5, 5.41) is 1.90. The molecule has 0 saturated carbocycles. The van der Waals surface area contributed by atoms with E-state index in [-0.39, 0.29) is 11.8 Å². The van der Waals surface area contributed by atoms with Crippen LogP contribution in [0.4, 0.5) is 0 Å². The third-order valence-electron chi connectivity index (χ3n) is 3.72. The first-order valence-electron chi connectivity index (χ1n) is 7.07. The SMILES string of the molecule is O=C(c1cccs1)N1CCN(C(=O)c2ccccc2S)CC1. The van der Waals surface area contributed by atoms with E-state index in [4.69, 9.17) is 0 Å². The maximum absolute atomic E-state index is 12.5. The fraction of sp³-hybridized carbons (Fsp3) is 0.250. The Balaban J connectivity index is 1.63. The van der Waals surface area contributed by atoms with Crippen LogP contribution in [0.25, 0.3) is 0 Å². The molecule has 1 saturated heterocycles. The molecule has 0 aliphatic carbocycles. The Kier molecular flexibility index (Phi) is 4.49. The summed E-state index contributed by atoms with van der Waals surface area (Å²) >= 11 is 5.79. The molecule has 0 bridgehead atoms. The number of thiophene rings is 1. The quantitative estimate of drug-likeness (QED) is 0.859. The predicted octanol–water partition coefficient (Wildman–Crippen LogP) is 2.64. The summed E-state index contributed by atoms with van der Waals surface area (Å²) in [5.41, 5.74) is 0.615. The van der Waals surface area contributed by atoms with Crippen LogP contribution in [-0.2, 0) is 0 Å². The van der Waals surface area contributed by atoms with Gasteiger partial charge in [0, 0.05) is 31.1 Å². The Bertz CT molecular complexity index is 677. The van der Waals surface area contributed by atoms with Gasteiger partial charge in [0.25, 0.3) is 11.8 Å². The number of rotatable bonds is 2. The summed E-state index contributed by atoms with van der Waals surface area (Å²) in [6.45, 7) is 2.24. The van der Waals surface area contributed by atoms with Gasteiger partial charge in [-0.25, -0.2) is 0 Å². The molecule has 0 unspecified atom stereocenters. The monoisotopic (exact) mass is 332 g/mol. The normalized spacial score (nSPS) is 15.0. The maximum Gasteiger partial charge on any atom is 0.264 e. The molecule has 1 aromatic carbocycles. The fourth-order valence-electron chi connectivity index (χ4n) is 2.49. The second kappa shape index (κ2) is 6.54. The van der Waals surface area contributed by atoms with Crippen molar-refractivity contribution in [3.63, 3.8) is 0 Å². The maximum atomic E-state index is 12.5. The van der Waals surface area contributed by atoms with E-state index in [0.717, 1.165) is 4.88 Å². The van der Waals surface area contributed by atoms with Gasteiger partial charge in [0.1, 0.15) is 0 Å². The third-order valence-corrected chi connectivity index (χ3v) is 4.97. The molecule has 0 atom stereocenters. The summed E-state index contributed by atoms with van der Waals surface area (Å²) < 4.78 is 0. The second-order valence-electron chi connectivity index (χ2n) is 5.08. The molecular weight excluding hydrogens is 316 g/mol. The van der Waals surface area contributed by atoms with Gasteiger partial charge in [-0.2, -0.15) is 0 Å². The Morgan fingerprint density at radius 2 is 1.55 bits per heavy atom. The summed E-state index contributed by atoms with van der Waals surface area (Å²) in [6.07, 6.45) is 0. The Labute approximate surface area is 138 Å². The molecule has 2 heterocycles. The molecule has 1 aliphatic heterocycles. The number of amides is 2. The van der Waals surface area contributed by atoms with Crippen molar-refractivity contribution >= 4 is 35.8 Å². The first kappa shape index (κ1) is 15.1. The summed E-state index contributed by atoms with van der Waals surface area (Å²) in [6, 6.07) is 11.0. The number of piperazine rings is 1. The van der Waals surface area contributed by atoms with Crippen molar-refractivity contribution in [2.24, 2.45) is 0 Å². The average Bonchev–Trinajstić information content (AvgIpc) is 3.09. The van der Waals surface area contributed by atoms with Gasteiger partial charge >= 0.3 is 0 Å². The Morgan fingerprint density at radius 3 is 2.14 bits per heavy atom. The van der Waals surface area contributed by atoms with E-state index in [0.29, 0.717) is 36.6 Å². The second-order valence-corrected chi connectivity index (χ2v) is 6.51. The molecule has 0 radical (unpaired) electrons. The van der Waals surface area contributed by atoms with Gasteiger partial charge in [-0.1, -0.05) is 18.2 Å². The van der Waals surface area contributed by atoms with Crippen LogP contribution < -0.4 is 0 Å². The van der Waals surface area contributed by atoms with Crippen LogP contribution in [0.3, 0.4) is 0 Å². The summed E-state index contributed by atoms with van der Waals surface area (Å²) in [4.78, 5) is 29.8. The van der Waals surface area contributed by atoms with Crippen LogP contribution in [0, 0.1) is 0 Å². The highest BCUT2D eigenvalue weighted by Gasteiger charge is 2.26. The van der Waals surface area contributed by atoms with E-state index < -0.39 is 0 Å². The van der Waals surface area contributed by atoms with Gasteiger partial charge in [-0.15, -0.1) is 24.0 Å². The lowest BCUT2D eigenvalue weighted by Gasteiger charge is -2.34. The third kappa shape index (κ3) is 3.03. The minimum atomic E-state index is -0.0196. The minimum absolute atomic E-state index is 0.0196. The summed E-state index contributed by atoms with van der Waals surface area (Å²) in [5.74, 6) is 0.0329. The number of thiol groups is 1. The van der Waals surface area contributed by atoms with E-state index in [1.165, 1.54) is 11.3 Å². The van der Waals surface area contributed by atoms with Crippen molar-refractivity contribution in [3.8, 4) is 0 Å². The highest BCUT2D eigenvalue weighted by Crippen LogP contribution is 2.18. The predicted molar refractivity (Wildman–Crippen MR) is 89.8 cm³/mol. The van der Waals surface area contributed by atoms with E-state index in [2.05, 4.69) is 12.6 Å². The lowest BCUT2D eigenvalue weighted by atomic mass is 10.1. The molecule has 1 aromatic heterocycles. The molecule has 114 valence electrons. The topological polar surface area (TPSA) is 40.6 Å². The van der Waals surface area contributed by atoms with Crippen LogP contribution in [0.15, 0.2) is 46.7 Å². The van der Waals surface area contributed by atoms with Gasteiger partial charge < -0.3 is 9.80 Å².